The zero-order valence-corrected chi connectivity index (χ0v) is 14.8. The van der Waals surface area contributed by atoms with Crippen molar-refractivity contribution in [2.45, 2.75) is 24.9 Å². The number of anilines is 1. The van der Waals surface area contributed by atoms with E-state index in [0.29, 0.717) is 25.3 Å². The molecule has 1 spiro atoms. The van der Waals surface area contributed by atoms with Gasteiger partial charge in [0, 0.05) is 26.6 Å². The average Bonchev–Trinajstić information content (AvgIpc) is 3.11. The third kappa shape index (κ3) is 3.93. The molecule has 8 nitrogen and oxygen atoms in total. The molecule has 0 aliphatic carbocycles. The van der Waals surface area contributed by atoms with Crippen molar-refractivity contribution in [3.05, 3.63) is 16.3 Å². The number of piperidine rings is 1. The molecule has 0 unspecified atom stereocenters. The zero-order valence-electron chi connectivity index (χ0n) is 14.0. The number of likely N-dealkylation sites (N-methyl/N-ethyl adjacent to an activating group) is 1. The van der Waals surface area contributed by atoms with Crippen molar-refractivity contribution in [2.75, 3.05) is 38.5 Å². The molecule has 2 N–H and O–H groups in total. The number of hydrogen-bond acceptors (Lipinski definition) is 6. The number of carboxylic acid groups (broad SMARTS) is 1. The van der Waals surface area contributed by atoms with Gasteiger partial charge >= 0.3 is 12.1 Å². The lowest BCUT2D eigenvalue weighted by Crippen LogP contribution is -2.50. The molecule has 1 aromatic heterocycles. The Hall–Kier alpha value is -2.13. The highest BCUT2D eigenvalue weighted by molar-refractivity contribution is 7.12. The van der Waals surface area contributed by atoms with Gasteiger partial charge in [-0.1, -0.05) is 0 Å². The van der Waals surface area contributed by atoms with Gasteiger partial charge in [-0.25, -0.2) is 9.59 Å². The van der Waals surface area contributed by atoms with E-state index in [9.17, 15) is 14.4 Å². The van der Waals surface area contributed by atoms with Crippen LogP contribution in [0.2, 0.25) is 0 Å². The fourth-order valence-corrected chi connectivity index (χ4v) is 4.12. The minimum Gasteiger partial charge on any atom is -0.477 e. The van der Waals surface area contributed by atoms with Gasteiger partial charge in [0.25, 0.3) is 0 Å². The van der Waals surface area contributed by atoms with Gasteiger partial charge in [-0.2, -0.15) is 0 Å². The zero-order chi connectivity index (χ0) is 18.0. The Labute approximate surface area is 149 Å². The van der Waals surface area contributed by atoms with Crippen molar-refractivity contribution in [3.8, 4) is 0 Å². The molecular formula is C16H21N3O5S. The van der Waals surface area contributed by atoms with Crippen LogP contribution in [0, 0.1) is 0 Å². The molecule has 9 heteroatoms. The number of ether oxygens (including phenoxy) is 1. The predicted octanol–water partition coefficient (Wildman–Crippen LogP) is 1.69. The summed E-state index contributed by atoms with van der Waals surface area (Å²) in [5.74, 6) is -1.27. The highest BCUT2D eigenvalue weighted by Gasteiger charge is 2.46. The van der Waals surface area contributed by atoms with Gasteiger partial charge in [0.05, 0.1) is 12.2 Å². The van der Waals surface area contributed by atoms with E-state index >= 15 is 0 Å². The van der Waals surface area contributed by atoms with Crippen LogP contribution in [0.1, 0.15) is 28.9 Å². The van der Waals surface area contributed by atoms with Crippen LogP contribution in [-0.2, 0) is 9.53 Å². The molecule has 0 bridgehead atoms. The fraction of sp³-hybridized carbons (Fsp3) is 0.562. The van der Waals surface area contributed by atoms with Crippen LogP contribution in [-0.4, -0.2) is 71.7 Å². The largest absolute Gasteiger partial charge is 0.477 e. The molecule has 0 saturated carbocycles. The van der Waals surface area contributed by atoms with Crippen molar-refractivity contribution >= 4 is 35.0 Å². The topological polar surface area (TPSA) is 99.2 Å². The number of hydrogen-bond donors (Lipinski definition) is 2. The minimum atomic E-state index is -1.05. The molecule has 0 radical (unpaired) electrons. The van der Waals surface area contributed by atoms with Crippen LogP contribution < -0.4 is 5.32 Å². The number of nitrogens with one attached hydrogen (secondary N) is 1. The summed E-state index contributed by atoms with van der Waals surface area (Å²) >= 11 is 1.08. The van der Waals surface area contributed by atoms with Gasteiger partial charge in [0.1, 0.15) is 10.5 Å². The lowest BCUT2D eigenvalue weighted by atomic mass is 9.92. The standard InChI is InChI=1S/C16H21N3O5S/c1-18-9-16(24-15(18)23)5-2-6-19(10-16)7-3-12(20)17-11-4-8-25-13(11)14(21)22/h4,8H,2-3,5-7,9-10H2,1H3,(H,17,20)(H,21,22)/t16-/m0/s1. The Morgan fingerprint density at radius 3 is 2.92 bits per heavy atom. The Balaban J connectivity index is 1.51. The van der Waals surface area contributed by atoms with Gasteiger partial charge in [-0.3, -0.25) is 9.69 Å². The molecule has 3 rings (SSSR count). The highest BCUT2D eigenvalue weighted by atomic mass is 32.1. The lowest BCUT2D eigenvalue weighted by Gasteiger charge is -2.38. The van der Waals surface area contributed by atoms with E-state index in [1.165, 1.54) is 0 Å². The third-order valence-electron chi connectivity index (χ3n) is 4.55. The van der Waals surface area contributed by atoms with Crippen LogP contribution in [0.5, 0.6) is 0 Å². The summed E-state index contributed by atoms with van der Waals surface area (Å²) in [5.41, 5.74) is -0.131. The molecule has 136 valence electrons. The van der Waals surface area contributed by atoms with Gasteiger partial charge < -0.3 is 20.1 Å². The molecule has 1 aromatic rings. The maximum Gasteiger partial charge on any atom is 0.410 e. The van der Waals surface area contributed by atoms with E-state index in [1.54, 1.807) is 23.4 Å². The summed E-state index contributed by atoms with van der Waals surface area (Å²) < 4.78 is 5.55. The maximum absolute atomic E-state index is 12.1. The van der Waals surface area contributed by atoms with Gasteiger partial charge in [-0.05, 0) is 30.8 Å². The Kier molecular flexibility index (Phi) is 4.96. The summed E-state index contributed by atoms with van der Waals surface area (Å²) in [7, 11) is 1.73. The molecule has 2 saturated heterocycles. The molecule has 3 heterocycles. The molecule has 25 heavy (non-hydrogen) atoms. The van der Waals surface area contributed by atoms with E-state index in [0.717, 1.165) is 30.7 Å². The van der Waals surface area contributed by atoms with Gasteiger partial charge in [0.2, 0.25) is 5.91 Å². The number of nitrogens with zero attached hydrogens (tertiary/aromatic N) is 2. The second-order valence-electron chi connectivity index (χ2n) is 6.55. The fourth-order valence-electron chi connectivity index (χ4n) is 3.43. The maximum atomic E-state index is 12.1. The number of carbonyl (C=O) groups is 3. The molecule has 0 aromatic carbocycles. The van der Waals surface area contributed by atoms with E-state index in [-0.39, 0.29) is 23.3 Å². The lowest BCUT2D eigenvalue weighted by molar-refractivity contribution is -0.116. The van der Waals surface area contributed by atoms with Crippen LogP contribution in [0.15, 0.2) is 11.4 Å². The summed E-state index contributed by atoms with van der Waals surface area (Å²) in [5, 5.41) is 13.4. The van der Waals surface area contributed by atoms with Crippen LogP contribution in [0.3, 0.4) is 0 Å². The Morgan fingerprint density at radius 1 is 1.44 bits per heavy atom. The smallest absolute Gasteiger partial charge is 0.410 e. The van der Waals surface area contributed by atoms with Gasteiger partial charge in [-0.15, -0.1) is 11.3 Å². The number of carboxylic acids is 1. The molecule has 2 fully saturated rings. The van der Waals surface area contributed by atoms with Gasteiger partial charge in [0.15, 0.2) is 0 Å². The molecule has 1 atom stereocenters. The van der Waals surface area contributed by atoms with E-state index < -0.39 is 11.6 Å². The van der Waals surface area contributed by atoms with Crippen molar-refractivity contribution in [2.24, 2.45) is 0 Å². The van der Waals surface area contributed by atoms with E-state index in [1.807, 2.05) is 0 Å². The normalized spacial score (nSPS) is 23.7. The monoisotopic (exact) mass is 367 g/mol. The first kappa shape index (κ1) is 17.7. The van der Waals surface area contributed by atoms with Crippen molar-refractivity contribution in [1.29, 1.82) is 0 Å². The summed E-state index contributed by atoms with van der Waals surface area (Å²) in [6.45, 7) is 2.59. The number of amides is 2. The molecule has 2 amide bonds. The van der Waals surface area contributed by atoms with Crippen molar-refractivity contribution in [3.63, 3.8) is 0 Å². The van der Waals surface area contributed by atoms with Crippen LogP contribution >= 0.6 is 11.3 Å². The predicted molar refractivity (Wildman–Crippen MR) is 92.0 cm³/mol. The molecule has 2 aliphatic heterocycles. The second-order valence-corrected chi connectivity index (χ2v) is 7.47. The number of carbonyl (C=O) groups excluding carboxylic acids is 2. The molecule has 2 aliphatic rings. The van der Waals surface area contributed by atoms with E-state index in [2.05, 4.69) is 10.2 Å². The third-order valence-corrected chi connectivity index (χ3v) is 5.45. The Morgan fingerprint density at radius 2 is 2.24 bits per heavy atom. The summed E-state index contributed by atoms with van der Waals surface area (Å²) in [6, 6.07) is 1.59. The number of likely N-dealkylation sites (tertiary alicyclic amines) is 1. The summed E-state index contributed by atoms with van der Waals surface area (Å²) in [6.07, 6.45) is 1.71. The van der Waals surface area contributed by atoms with Crippen molar-refractivity contribution in [1.82, 2.24) is 9.80 Å². The number of thiophene rings is 1. The SMILES string of the molecule is CN1C[C@]2(CCCN(CCC(=O)Nc3ccsc3C(=O)O)C2)OC1=O. The highest BCUT2D eigenvalue weighted by Crippen LogP contribution is 2.31. The Bertz CT molecular complexity index is 691. The quantitative estimate of drug-likeness (QED) is 0.822. The second kappa shape index (κ2) is 7.01. The first-order chi connectivity index (χ1) is 11.9. The first-order valence-corrected chi connectivity index (χ1v) is 9.04. The summed E-state index contributed by atoms with van der Waals surface area (Å²) in [4.78, 5) is 38.7. The number of aromatic carboxylic acids is 1. The first-order valence-electron chi connectivity index (χ1n) is 8.16. The number of rotatable bonds is 5. The minimum absolute atomic E-state index is 0.131. The van der Waals surface area contributed by atoms with Crippen LogP contribution in [0.25, 0.3) is 0 Å². The van der Waals surface area contributed by atoms with E-state index in [4.69, 9.17) is 9.84 Å². The van der Waals surface area contributed by atoms with Crippen molar-refractivity contribution < 1.29 is 24.2 Å². The van der Waals surface area contributed by atoms with Crippen LogP contribution in [0.4, 0.5) is 10.5 Å². The molecular weight excluding hydrogens is 346 g/mol. The average molecular weight is 367 g/mol.